The zero-order valence-electron chi connectivity index (χ0n) is 16.0. The van der Waals surface area contributed by atoms with Crippen molar-refractivity contribution in [2.45, 2.75) is 25.9 Å². The first-order valence-corrected chi connectivity index (χ1v) is 9.59. The molecule has 8 nitrogen and oxygen atoms in total. The SMILES string of the molecule is CCNC(=NCc1ccccc1[N+](=O)[O-])NC1CCN(c2ncccc2Cl)C1.I. The largest absolute Gasteiger partial charge is 0.357 e. The van der Waals surface area contributed by atoms with Crippen LogP contribution < -0.4 is 15.5 Å². The molecule has 0 spiro atoms. The average molecular weight is 531 g/mol. The Balaban J connectivity index is 0.00000300. The lowest BCUT2D eigenvalue weighted by Gasteiger charge is -2.20. The lowest BCUT2D eigenvalue weighted by Crippen LogP contribution is -2.44. The van der Waals surface area contributed by atoms with Gasteiger partial charge in [-0.2, -0.15) is 0 Å². The van der Waals surface area contributed by atoms with Gasteiger partial charge in [-0.15, -0.1) is 24.0 Å². The molecule has 1 aliphatic heterocycles. The van der Waals surface area contributed by atoms with Crippen molar-refractivity contribution in [3.05, 3.63) is 63.3 Å². The van der Waals surface area contributed by atoms with E-state index < -0.39 is 0 Å². The van der Waals surface area contributed by atoms with Gasteiger partial charge in [0.2, 0.25) is 0 Å². The van der Waals surface area contributed by atoms with Gasteiger partial charge in [0.25, 0.3) is 5.69 Å². The number of anilines is 1. The van der Waals surface area contributed by atoms with Crippen LogP contribution in [0.5, 0.6) is 0 Å². The first kappa shape index (κ1) is 23.1. The molecule has 2 heterocycles. The topological polar surface area (TPSA) is 95.7 Å². The monoisotopic (exact) mass is 530 g/mol. The van der Waals surface area contributed by atoms with Crippen LogP contribution in [0.1, 0.15) is 18.9 Å². The summed E-state index contributed by atoms with van der Waals surface area (Å²) in [6, 6.07) is 10.5. The highest BCUT2D eigenvalue weighted by molar-refractivity contribution is 14.0. The molecule has 29 heavy (non-hydrogen) atoms. The van der Waals surface area contributed by atoms with Crippen LogP contribution in [-0.2, 0) is 6.54 Å². The second-order valence-corrected chi connectivity index (χ2v) is 6.87. The summed E-state index contributed by atoms with van der Waals surface area (Å²) in [5, 5.41) is 18.4. The Bertz CT molecular complexity index is 866. The number of hydrogen-bond acceptors (Lipinski definition) is 5. The number of hydrogen-bond donors (Lipinski definition) is 2. The summed E-state index contributed by atoms with van der Waals surface area (Å²) in [4.78, 5) is 21.8. The van der Waals surface area contributed by atoms with Gasteiger partial charge in [-0.05, 0) is 25.5 Å². The number of nitrogens with one attached hydrogen (secondary N) is 2. The van der Waals surface area contributed by atoms with E-state index in [0.29, 0.717) is 23.1 Å². The molecule has 10 heteroatoms. The molecule has 1 saturated heterocycles. The molecule has 156 valence electrons. The van der Waals surface area contributed by atoms with E-state index in [-0.39, 0.29) is 47.2 Å². The van der Waals surface area contributed by atoms with Crippen molar-refractivity contribution < 1.29 is 4.92 Å². The van der Waals surface area contributed by atoms with Crippen LogP contribution in [0, 0.1) is 10.1 Å². The molecule has 0 saturated carbocycles. The number of aromatic nitrogens is 1. The highest BCUT2D eigenvalue weighted by Gasteiger charge is 2.25. The van der Waals surface area contributed by atoms with Crippen molar-refractivity contribution in [2.75, 3.05) is 24.5 Å². The number of benzene rings is 1. The van der Waals surface area contributed by atoms with E-state index in [2.05, 4.69) is 25.5 Å². The van der Waals surface area contributed by atoms with Gasteiger partial charge < -0.3 is 15.5 Å². The second-order valence-electron chi connectivity index (χ2n) is 6.47. The van der Waals surface area contributed by atoms with Gasteiger partial charge in [-0.3, -0.25) is 10.1 Å². The Morgan fingerprint density at radius 2 is 2.17 bits per heavy atom. The van der Waals surface area contributed by atoms with E-state index in [4.69, 9.17) is 11.6 Å². The summed E-state index contributed by atoms with van der Waals surface area (Å²) in [6.45, 7) is 4.52. The average Bonchev–Trinajstić information content (AvgIpc) is 3.15. The number of para-hydroxylation sites is 1. The number of pyridine rings is 1. The second kappa shape index (κ2) is 11.1. The number of nitro groups is 1. The van der Waals surface area contributed by atoms with E-state index >= 15 is 0 Å². The van der Waals surface area contributed by atoms with Gasteiger partial charge in [0.15, 0.2) is 5.96 Å². The molecule has 2 aromatic rings. The van der Waals surface area contributed by atoms with E-state index in [9.17, 15) is 10.1 Å². The predicted molar refractivity (Wildman–Crippen MR) is 126 cm³/mol. The number of guanidine groups is 1. The van der Waals surface area contributed by atoms with Crippen molar-refractivity contribution in [3.63, 3.8) is 0 Å². The summed E-state index contributed by atoms with van der Waals surface area (Å²) >= 11 is 6.25. The third kappa shape index (κ3) is 6.17. The van der Waals surface area contributed by atoms with Crippen LogP contribution in [0.3, 0.4) is 0 Å². The number of nitro benzene ring substituents is 1. The van der Waals surface area contributed by atoms with Crippen molar-refractivity contribution in [1.82, 2.24) is 15.6 Å². The quantitative estimate of drug-likeness (QED) is 0.195. The van der Waals surface area contributed by atoms with E-state index in [1.54, 1.807) is 24.4 Å². The molecule has 1 aromatic carbocycles. The molecule has 1 unspecified atom stereocenters. The molecule has 3 rings (SSSR count). The minimum atomic E-state index is -0.378. The highest BCUT2D eigenvalue weighted by atomic mass is 127. The van der Waals surface area contributed by atoms with Gasteiger partial charge >= 0.3 is 0 Å². The molecular formula is C19H24ClIN6O2. The molecule has 1 aromatic heterocycles. The Labute approximate surface area is 191 Å². The molecule has 1 fully saturated rings. The lowest BCUT2D eigenvalue weighted by atomic mass is 10.2. The van der Waals surface area contributed by atoms with Crippen molar-refractivity contribution in [3.8, 4) is 0 Å². The number of halogens is 2. The van der Waals surface area contributed by atoms with E-state index in [0.717, 1.165) is 25.3 Å². The van der Waals surface area contributed by atoms with Gasteiger partial charge in [-0.1, -0.05) is 29.8 Å². The van der Waals surface area contributed by atoms with Gasteiger partial charge in [0.1, 0.15) is 5.82 Å². The van der Waals surface area contributed by atoms with Crippen LogP contribution in [0.4, 0.5) is 11.5 Å². The molecule has 1 aliphatic rings. The Kier molecular flexibility index (Phi) is 8.90. The maximum absolute atomic E-state index is 11.2. The molecule has 0 aliphatic carbocycles. The molecular weight excluding hydrogens is 507 g/mol. The van der Waals surface area contributed by atoms with Crippen LogP contribution in [0.25, 0.3) is 0 Å². The van der Waals surface area contributed by atoms with Crippen molar-refractivity contribution >= 4 is 53.0 Å². The number of rotatable bonds is 6. The third-order valence-electron chi connectivity index (χ3n) is 4.51. The molecule has 0 amide bonds. The normalized spacial score (nSPS) is 16.3. The minimum Gasteiger partial charge on any atom is -0.357 e. The maximum Gasteiger partial charge on any atom is 0.274 e. The van der Waals surface area contributed by atoms with E-state index in [1.807, 2.05) is 19.1 Å². The number of nitrogens with zero attached hydrogens (tertiary/aromatic N) is 4. The maximum atomic E-state index is 11.2. The minimum absolute atomic E-state index is 0. The predicted octanol–water partition coefficient (Wildman–Crippen LogP) is 3.60. The first-order valence-electron chi connectivity index (χ1n) is 9.21. The fraction of sp³-hybridized carbons (Fsp3) is 0.368. The summed E-state index contributed by atoms with van der Waals surface area (Å²) in [5.41, 5.74) is 0.664. The molecule has 0 bridgehead atoms. The highest BCUT2D eigenvalue weighted by Crippen LogP contribution is 2.25. The third-order valence-corrected chi connectivity index (χ3v) is 4.80. The summed E-state index contributed by atoms with van der Waals surface area (Å²) in [7, 11) is 0. The molecule has 2 N–H and O–H groups in total. The van der Waals surface area contributed by atoms with Crippen molar-refractivity contribution in [2.24, 2.45) is 4.99 Å². The Morgan fingerprint density at radius 3 is 2.90 bits per heavy atom. The summed E-state index contributed by atoms with van der Waals surface area (Å²) in [5.74, 6) is 1.43. The zero-order chi connectivity index (χ0) is 19.9. The standard InChI is InChI=1S/C19H23ClN6O2.HI/c1-2-21-19(23-12-14-6-3-4-8-17(14)26(27)28)24-15-9-11-25(13-15)18-16(20)7-5-10-22-18;/h3-8,10,15H,2,9,11-13H2,1H3,(H2,21,23,24);1H. The zero-order valence-corrected chi connectivity index (χ0v) is 19.1. The summed E-state index contributed by atoms with van der Waals surface area (Å²) < 4.78 is 0. The van der Waals surface area contributed by atoms with Crippen LogP contribution in [0.2, 0.25) is 5.02 Å². The lowest BCUT2D eigenvalue weighted by molar-refractivity contribution is -0.385. The van der Waals surface area contributed by atoms with E-state index in [1.165, 1.54) is 6.07 Å². The summed E-state index contributed by atoms with van der Waals surface area (Å²) in [6.07, 6.45) is 2.66. The van der Waals surface area contributed by atoms with Crippen LogP contribution in [-0.4, -0.2) is 41.5 Å². The Hall–Kier alpha value is -2.14. The molecule has 1 atom stereocenters. The van der Waals surface area contributed by atoms with Gasteiger partial charge in [-0.25, -0.2) is 9.98 Å². The fourth-order valence-corrected chi connectivity index (χ4v) is 3.42. The smallest absolute Gasteiger partial charge is 0.274 e. The Morgan fingerprint density at radius 1 is 1.38 bits per heavy atom. The van der Waals surface area contributed by atoms with Gasteiger partial charge in [0.05, 0.1) is 22.1 Å². The first-order chi connectivity index (χ1) is 13.6. The van der Waals surface area contributed by atoms with Gasteiger partial charge in [0, 0.05) is 37.9 Å². The van der Waals surface area contributed by atoms with Crippen molar-refractivity contribution in [1.29, 1.82) is 0 Å². The van der Waals surface area contributed by atoms with Crippen LogP contribution in [0.15, 0.2) is 47.6 Å². The fourth-order valence-electron chi connectivity index (χ4n) is 3.18. The number of aliphatic imine (C=N–C) groups is 1. The molecule has 0 radical (unpaired) electrons. The van der Waals surface area contributed by atoms with Crippen LogP contribution >= 0.6 is 35.6 Å².